The number of aromatic amines is 1. The van der Waals surface area contributed by atoms with Gasteiger partial charge in [0.1, 0.15) is 0 Å². The van der Waals surface area contributed by atoms with Crippen molar-refractivity contribution in [3.05, 3.63) is 74.3 Å². The van der Waals surface area contributed by atoms with E-state index in [1.807, 2.05) is 45.0 Å². The first-order valence-corrected chi connectivity index (χ1v) is 9.76. The largest absolute Gasteiger partial charge is 0.350 e. The van der Waals surface area contributed by atoms with E-state index < -0.39 is 0 Å². The third kappa shape index (κ3) is 3.47. The lowest BCUT2D eigenvalue weighted by molar-refractivity contribution is 0.0943. The van der Waals surface area contributed by atoms with Gasteiger partial charge in [0.15, 0.2) is 0 Å². The van der Waals surface area contributed by atoms with Crippen LogP contribution >= 0.6 is 12.2 Å². The van der Waals surface area contributed by atoms with Crippen LogP contribution in [0.5, 0.6) is 0 Å². The number of carbonyl (C=O) groups is 1. The van der Waals surface area contributed by atoms with E-state index in [1.54, 1.807) is 27.2 Å². The zero-order valence-electron chi connectivity index (χ0n) is 16.4. The van der Waals surface area contributed by atoms with Gasteiger partial charge in [-0.15, -0.1) is 5.10 Å². The molecule has 0 aliphatic rings. The van der Waals surface area contributed by atoms with Gasteiger partial charge in [0.25, 0.3) is 11.5 Å². The van der Waals surface area contributed by atoms with Crippen molar-refractivity contribution in [3.8, 4) is 0 Å². The number of carbonyl (C=O) groups excluding carboxylic acids is 1. The summed E-state index contributed by atoms with van der Waals surface area (Å²) in [4.78, 5) is 25.7. The van der Waals surface area contributed by atoms with Crippen molar-refractivity contribution in [3.63, 3.8) is 0 Å². The number of fused-ring (bicyclic) bond motifs is 3. The second-order valence-electron chi connectivity index (χ2n) is 7.40. The molecule has 4 rings (SSSR count). The maximum Gasteiger partial charge on any atom is 0.263 e. The van der Waals surface area contributed by atoms with Crippen molar-refractivity contribution in [2.24, 2.45) is 0 Å². The van der Waals surface area contributed by atoms with Gasteiger partial charge in [0.2, 0.25) is 10.5 Å². The van der Waals surface area contributed by atoms with Crippen molar-refractivity contribution in [2.75, 3.05) is 0 Å². The summed E-state index contributed by atoms with van der Waals surface area (Å²) in [5.41, 5.74) is 2.98. The van der Waals surface area contributed by atoms with Crippen LogP contribution in [-0.4, -0.2) is 31.1 Å². The third-order valence-electron chi connectivity index (χ3n) is 4.75. The molecular weight excluding hydrogens is 386 g/mol. The van der Waals surface area contributed by atoms with Gasteiger partial charge in [-0.2, -0.15) is 0 Å². The highest BCUT2D eigenvalue weighted by Gasteiger charge is 2.16. The highest BCUT2D eigenvalue weighted by Crippen LogP contribution is 2.17. The zero-order chi connectivity index (χ0) is 20.7. The molecule has 0 spiro atoms. The molecule has 4 aromatic rings. The average molecular weight is 407 g/mol. The third-order valence-corrected chi connectivity index (χ3v) is 5.03. The minimum atomic E-state index is -0.200. The molecule has 148 valence electrons. The molecule has 7 nitrogen and oxygen atoms in total. The van der Waals surface area contributed by atoms with Gasteiger partial charge in [0.05, 0.1) is 17.4 Å². The van der Waals surface area contributed by atoms with Crippen molar-refractivity contribution < 1.29 is 4.79 Å². The second kappa shape index (κ2) is 7.29. The lowest BCUT2D eigenvalue weighted by Crippen LogP contribution is -2.30. The van der Waals surface area contributed by atoms with Gasteiger partial charge in [-0.25, -0.2) is 5.10 Å². The summed E-state index contributed by atoms with van der Waals surface area (Å²) in [6, 6.07) is 13.0. The van der Waals surface area contributed by atoms with Crippen LogP contribution in [-0.2, 0) is 6.54 Å². The number of aromatic nitrogens is 4. The molecule has 0 atom stereocenters. The molecule has 0 bridgehead atoms. The Morgan fingerprint density at radius 3 is 2.62 bits per heavy atom. The van der Waals surface area contributed by atoms with Gasteiger partial charge in [0, 0.05) is 11.6 Å². The lowest BCUT2D eigenvalue weighted by Gasteiger charge is -2.12. The first-order valence-electron chi connectivity index (χ1n) is 9.35. The molecule has 0 radical (unpaired) electrons. The molecule has 2 N–H and O–H groups in total. The molecule has 0 fully saturated rings. The zero-order valence-corrected chi connectivity index (χ0v) is 17.2. The predicted molar refractivity (Wildman–Crippen MR) is 115 cm³/mol. The number of hydrogen-bond donors (Lipinski definition) is 2. The van der Waals surface area contributed by atoms with Crippen molar-refractivity contribution in [2.45, 2.75) is 33.4 Å². The number of benzene rings is 2. The van der Waals surface area contributed by atoms with Crippen LogP contribution in [0.3, 0.4) is 0 Å². The molecule has 29 heavy (non-hydrogen) atoms. The molecule has 0 saturated heterocycles. The number of H-pyrrole nitrogens is 1. The molecule has 2 aromatic carbocycles. The number of amides is 1. The summed E-state index contributed by atoms with van der Waals surface area (Å²) in [7, 11) is 0. The Hall–Kier alpha value is -3.26. The van der Waals surface area contributed by atoms with E-state index in [9.17, 15) is 9.59 Å². The van der Waals surface area contributed by atoms with Crippen LogP contribution in [0.25, 0.3) is 16.7 Å². The number of hydrogen-bond acceptors (Lipinski definition) is 4. The van der Waals surface area contributed by atoms with E-state index in [4.69, 9.17) is 12.2 Å². The standard InChI is InChI=1S/C21H21N5O2S/c1-12(2)22-18(27)15-8-9-16-17(10-15)26-20(23-24-21(26)29)25(19(16)28)11-14-6-4-13(3)5-7-14/h4-10,12H,11H2,1-3H3,(H,22,27)(H,24,29). The van der Waals surface area contributed by atoms with Crippen LogP contribution in [0.2, 0.25) is 0 Å². The van der Waals surface area contributed by atoms with E-state index in [0.717, 1.165) is 11.1 Å². The minimum Gasteiger partial charge on any atom is -0.350 e. The van der Waals surface area contributed by atoms with Crippen molar-refractivity contribution in [1.29, 1.82) is 0 Å². The van der Waals surface area contributed by atoms with Crippen LogP contribution in [0.15, 0.2) is 47.3 Å². The van der Waals surface area contributed by atoms with E-state index in [-0.39, 0.29) is 17.5 Å². The van der Waals surface area contributed by atoms with Crippen LogP contribution in [0.4, 0.5) is 0 Å². The summed E-state index contributed by atoms with van der Waals surface area (Å²) < 4.78 is 3.66. The number of nitrogens with zero attached hydrogens (tertiary/aromatic N) is 3. The summed E-state index contributed by atoms with van der Waals surface area (Å²) in [5.74, 6) is 0.211. The summed E-state index contributed by atoms with van der Waals surface area (Å²) in [5, 5.41) is 10.4. The number of aryl methyl sites for hydroxylation is 1. The van der Waals surface area contributed by atoms with Crippen LogP contribution in [0.1, 0.15) is 35.3 Å². The fourth-order valence-corrected chi connectivity index (χ4v) is 3.55. The maximum absolute atomic E-state index is 13.2. The molecule has 1 amide bonds. The van der Waals surface area contributed by atoms with E-state index in [2.05, 4.69) is 15.5 Å². The fourth-order valence-electron chi connectivity index (χ4n) is 3.33. The van der Waals surface area contributed by atoms with Crippen LogP contribution in [0, 0.1) is 11.7 Å². The predicted octanol–water partition coefficient (Wildman–Crippen LogP) is 3.20. The molecule has 0 aliphatic heterocycles. The van der Waals surface area contributed by atoms with Gasteiger partial charge in [-0.05, 0) is 56.8 Å². The smallest absolute Gasteiger partial charge is 0.263 e. The monoisotopic (exact) mass is 407 g/mol. The van der Waals surface area contributed by atoms with Gasteiger partial charge < -0.3 is 5.32 Å². The van der Waals surface area contributed by atoms with Crippen LogP contribution < -0.4 is 10.9 Å². The Labute approximate surface area is 172 Å². The van der Waals surface area contributed by atoms with Gasteiger partial charge >= 0.3 is 0 Å². The molecule has 0 unspecified atom stereocenters. The van der Waals surface area contributed by atoms with Crippen molar-refractivity contribution in [1.82, 2.24) is 24.5 Å². The Morgan fingerprint density at radius 2 is 1.93 bits per heavy atom. The quantitative estimate of drug-likeness (QED) is 0.509. The second-order valence-corrected chi connectivity index (χ2v) is 7.79. The Kier molecular flexibility index (Phi) is 4.79. The van der Waals surface area contributed by atoms with Gasteiger partial charge in [-0.3, -0.25) is 18.6 Å². The molecule has 2 heterocycles. The average Bonchev–Trinajstić information content (AvgIpc) is 3.07. The Balaban J connectivity index is 1.93. The minimum absolute atomic E-state index is 0.0109. The maximum atomic E-state index is 13.2. The Bertz CT molecular complexity index is 1350. The topological polar surface area (TPSA) is 84.2 Å². The number of nitrogens with one attached hydrogen (secondary N) is 2. The first kappa shape index (κ1) is 19.1. The normalized spacial score (nSPS) is 11.4. The van der Waals surface area contributed by atoms with E-state index in [1.165, 1.54) is 0 Å². The number of rotatable bonds is 4. The molecule has 0 saturated carbocycles. The SMILES string of the molecule is Cc1ccc(Cn2c(=O)c3ccc(C(=O)NC(C)C)cc3n3c(=S)[nH]nc23)cc1. The highest BCUT2D eigenvalue weighted by molar-refractivity contribution is 7.71. The van der Waals surface area contributed by atoms with Crippen molar-refractivity contribution >= 4 is 34.8 Å². The molecule has 2 aromatic heterocycles. The molecular formula is C21H21N5O2S. The lowest BCUT2D eigenvalue weighted by atomic mass is 10.1. The Morgan fingerprint density at radius 1 is 1.21 bits per heavy atom. The summed E-state index contributed by atoms with van der Waals surface area (Å²) in [6.45, 7) is 6.18. The fraction of sp³-hybridized carbons (Fsp3) is 0.238. The summed E-state index contributed by atoms with van der Waals surface area (Å²) in [6.07, 6.45) is 0. The molecule has 0 aliphatic carbocycles. The van der Waals surface area contributed by atoms with E-state index >= 15 is 0 Å². The highest BCUT2D eigenvalue weighted by atomic mass is 32.1. The first-order chi connectivity index (χ1) is 13.8. The summed E-state index contributed by atoms with van der Waals surface area (Å²) >= 11 is 5.41. The van der Waals surface area contributed by atoms with E-state index in [0.29, 0.717) is 33.6 Å². The van der Waals surface area contributed by atoms with Gasteiger partial charge in [-0.1, -0.05) is 29.8 Å². The molecule has 8 heteroatoms.